The summed E-state index contributed by atoms with van der Waals surface area (Å²) in [5.74, 6) is -0.742. The predicted octanol–water partition coefficient (Wildman–Crippen LogP) is 3.34. The number of anilines is 1. The van der Waals surface area contributed by atoms with Gasteiger partial charge in [-0.15, -0.1) is 0 Å². The summed E-state index contributed by atoms with van der Waals surface area (Å²) in [7, 11) is 0. The number of aryl methyl sites for hydroxylation is 1. The summed E-state index contributed by atoms with van der Waals surface area (Å²) in [6.45, 7) is 0. The second-order valence-corrected chi connectivity index (χ2v) is 4.53. The molecular weight excluding hydrogens is 238 g/mol. The first-order chi connectivity index (χ1) is 9.16. The van der Waals surface area contributed by atoms with Gasteiger partial charge in [0.15, 0.2) is 0 Å². The van der Waals surface area contributed by atoms with Crippen LogP contribution < -0.4 is 5.73 Å². The van der Waals surface area contributed by atoms with E-state index in [9.17, 15) is 4.79 Å². The summed E-state index contributed by atoms with van der Waals surface area (Å²) in [6.07, 6.45) is 1.67. The highest BCUT2D eigenvalue weighted by Crippen LogP contribution is 2.25. The van der Waals surface area contributed by atoms with Crippen LogP contribution in [0.15, 0.2) is 48.5 Å². The van der Waals surface area contributed by atoms with Crippen LogP contribution in [0.4, 0.5) is 5.69 Å². The Morgan fingerprint density at radius 2 is 1.74 bits per heavy atom. The van der Waals surface area contributed by atoms with Gasteiger partial charge in [-0.1, -0.05) is 42.5 Å². The molecule has 0 unspecified atom stereocenters. The number of aliphatic carboxylic acids is 1. The van der Waals surface area contributed by atoms with Crippen molar-refractivity contribution >= 4 is 11.7 Å². The highest BCUT2D eigenvalue weighted by molar-refractivity contribution is 5.76. The smallest absolute Gasteiger partial charge is 0.303 e. The lowest BCUT2D eigenvalue weighted by atomic mass is 10.0. The molecule has 0 heterocycles. The Morgan fingerprint density at radius 1 is 1.05 bits per heavy atom. The Balaban J connectivity index is 2.06. The number of hydrogen-bond acceptors (Lipinski definition) is 2. The lowest BCUT2D eigenvalue weighted by Crippen LogP contribution is -1.96. The van der Waals surface area contributed by atoms with Gasteiger partial charge < -0.3 is 10.8 Å². The Bertz CT molecular complexity index is 561. The summed E-state index contributed by atoms with van der Waals surface area (Å²) in [4.78, 5) is 10.5. The lowest BCUT2D eigenvalue weighted by molar-refractivity contribution is -0.137. The van der Waals surface area contributed by atoms with E-state index in [2.05, 4.69) is 0 Å². The van der Waals surface area contributed by atoms with Crippen LogP contribution in [0.25, 0.3) is 11.1 Å². The van der Waals surface area contributed by atoms with Crippen LogP contribution in [-0.4, -0.2) is 11.1 Å². The van der Waals surface area contributed by atoms with Crippen molar-refractivity contribution in [1.82, 2.24) is 0 Å². The summed E-state index contributed by atoms with van der Waals surface area (Å²) in [6, 6.07) is 15.9. The van der Waals surface area contributed by atoms with E-state index in [1.54, 1.807) is 0 Å². The first-order valence-corrected chi connectivity index (χ1v) is 6.32. The molecule has 0 aliphatic carbocycles. The Hall–Kier alpha value is -2.29. The van der Waals surface area contributed by atoms with Crippen LogP contribution in [0, 0.1) is 0 Å². The number of nitrogens with two attached hydrogens (primary N) is 1. The minimum atomic E-state index is -0.742. The first kappa shape index (κ1) is 13.1. The van der Waals surface area contributed by atoms with E-state index in [4.69, 9.17) is 10.8 Å². The van der Waals surface area contributed by atoms with Gasteiger partial charge in [0, 0.05) is 17.7 Å². The molecular formula is C16H17NO2. The van der Waals surface area contributed by atoms with E-state index in [1.807, 2.05) is 48.5 Å². The molecule has 2 aromatic carbocycles. The van der Waals surface area contributed by atoms with Crippen LogP contribution in [0.5, 0.6) is 0 Å². The van der Waals surface area contributed by atoms with Gasteiger partial charge in [-0.05, 0) is 30.0 Å². The van der Waals surface area contributed by atoms with E-state index < -0.39 is 5.97 Å². The molecule has 0 atom stereocenters. The molecule has 0 aliphatic rings. The maximum Gasteiger partial charge on any atom is 0.303 e. The van der Waals surface area contributed by atoms with Gasteiger partial charge in [0.2, 0.25) is 0 Å². The quantitative estimate of drug-likeness (QED) is 0.805. The zero-order valence-electron chi connectivity index (χ0n) is 10.7. The number of nitrogen functional groups attached to an aromatic ring is 1. The third kappa shape index (κ3) is 3.58. The molecule has 0 amide bonds. The van der Waals surface area contributed by atoms with E-state index >= 15 is 0 Å². The van der Waals surface area contributed by atoms with E-state index in [0.717, 1.165) is 28.8 Å². The fourth-order valence-corrected chi connectivity index (χ4v) is 2.05. The van der Waals surface area contributed by atoms with Crippen LogP contribution in [-0.2, 0) is 11.2 Å². The summed E-state index contributed by atoms with van der Waals surface area (Å²) >= 11 is 0. The summed E-state index contributed by atoms with van der Waals surface area (Å²) in [5.41, 5.74) is 9.97. The molecule has 3 heteroatoms. The maximum atomic E-state index is 10.5. The topological polar surface area (TPSA) is 63.3 Å². The third-order valence-electron chi connectivity index (χ3n) is 3.08. The molecule has 2 rings (SSSR count). The molecule has 0 fully saturated rings. The van der Waals surface area contributed by atoms with Gasteiger partial charge in [0.05, 0.1) is 0 Å². The number of rotatable bonds is 5. The van der Waals surface area contributed by atoms with Crippen molar-refractivity contribution in [1.29, 1.82) is 0 Å². The van der Waals surface area contributed by atoms with E-state index in [1.165, 1.54) is 0 Å². The third-order valence-corrected chi connectivity index (χ3v) is 3.08. The number of carbonyl (C=O) groups is 1. The monoisotopic (exact) mass is 255 g/mol. The van der Waals surface area contributed by atoms with Crippen LogP contribution in [0.2, 0.25) is 0 Å². The molecule has 0 saturated heterocycles. The van der Waals surface area contributed by atoms with Crippen LogP contribution in [0.1, 0.15) is 18.4 Å². The fourth-order valence-electron chi connectivity index (χ4n) is 2.05. The molecule has 0 radical (unpaired) electrons. The van der Waals surface area contributed by atoms with Crippen molar-refractivity contribution in [2.24, 2.45) is 0 Å². The molecule has 3 N–H and O–H groups in total. The van der Waals surface area contributed by atoms with Gasteiger partial charge in [-0.2, -0.15) is 0 Å². The predicted molar refractivity (Wildman–Crippen MR) is 76.9 cm³/mol. The standard InChI is InChI=1S/C16H17NO2/c17-15-6-2-1-5-14(15)13-10-8-12(9-11-13)4-3-7-16(18)19/h1-2,5-6,8-11H,3-4,7,17H2,(H,18,19). The lowest BCUT2D eigenvalue weighted by Gasteiger charge is -2.06. The van der Waals surface area contributed by atoms with Gasteiger partial charge >= 0.3 is 5.97 Å². The van der Waals surface area contributed by atoms with Crippen molar-refractivity contribution in [2.75, 3.05) is 5.73 Å². The van der Waals surface area contributed by atoms with Crippen LogP contribution >= 0.6 is 0 Å². The molecule has 19 heavy (non-hydrogen) atoms. The SMILES string of the molecule is Nc1ccccc1-c1ccc(CCCC(=O)O)cc1. The minimum absolute atomic E-state index is 0.216. The number of para-hydroxylation sites is 1. The number of carboxylic acid groups (broad SMARTS) is 1. The van der Waals surface area contributed by atoms with Gasteiger partial charge in [-0.25, -0.2) is 0 Å². The molecule has 98 valence electrons. The van der Waals surface area contributed by atoms with Gasteiger partial charge in [0.1, 0.15) is 0 Å². The van der Waals surface area contributed by atoms with Crippen molar-refractivity contribution in [3.8, 4) is 11.1 Å². The number of carboxylic acids is 1. The fraction of sp³-hybridized carbons (Fsp3) is 0.188. The minimum Gasteiger partial charge on any atom is -0.481 e. The van der Waals surface area contributed by atoms with Crippen molar-refractivity contribution in [3.05, 3.63) is 54.1 Å². The second kappa shape index (κ2) is 6.05. The Labute approximate surface area is 112 Å². The van der Waals surface area contributed by atoms with Crippen molar-refractivity contribution < 1.29 is 9.90 Å². The molecule has 2 aromatic rings. The first-order valence-electron chi connectivity index (χ1n) is 6.32. The average molecular weight is 255 g/mol. The zero-order valence-corrected chi connectivity index (χ0v) is 10.7. The highest BCUT2D eigenvalue weighted by Gasteiger charge is 2.02. The molecule has 0 saturated carbocycles. The average Bonchev–Trinajstić information content (AvgIpc) is 2.40. The van der Waals surface area contributed by atoms with Gasteiger partial charge in [0.25, 0.3) is 0 Å². The number of benzene rings is 2. The normalized spacial score (nSPS) is 10.3. The largest absolute Gasteiger partial charge is 0.481 e. The molecule has 0 aromatic heterocycles. The summed E-state index contributed by atoms with van der Waals surface area (Å²) < 4.78 is 0. The number of hydrogen-bond donors (Lipinski definition) is 2. The Morgan fingerprint density at radius 3 is 2.37 bits per heavy atom. The highest BCUT2D eigenvalue weighted by atomic mass is 16.4. The van der Waals surface area contributed by atoms with Crippen molar-refractivity contribution in [2.45, 2.75) is 19.3 Å². The van der Waals surface area contributed by atoms with Crippen LogP contribution in [0.3, 0.4) is 0 Å². The van der Waals surface area contributed by atoms with Crippen molar-refractivity contribution in [3.63, 3.8) is 0 Å². The molecule has 0 bridgehead atoms. The molecule has 0 spiro atoms. The molecule has 0 aliphatic heterocycles. The summed E-state index contributed by atoms with van der Waals surface area (Å²) in [5, 5.41) is 8.60. The maximum absolute atomic E-state index is 10.5. The van der Waals surface area contributed by atoms with E-state index in [0.29, 0.717) is 6.42 Å². The molecule has 3 nitrogen and oxygen atoms in total. The van der Waals surface area contributed by atoms with Gasteiger partial charge in [-0.3, -0.25) is 4.79 Å². The second-order valence-electron chi connectivity index (χ2n) is 4.53. The Kier molecular flexibility index (Phi) is 4.18. The zero-order chi connectivity index (χ0) is 13.7. The van der Waals surface area contributed by atoms with E-state index in [-0.39, 0.29) is 6.42 Å².